The Morgan fingerprint density at radius 3 is 3.11 bits per heavy atom. The fourth-order valence-corrected chi connectivity index (χ4v) is 2.57. The molecule has 0 bridgehead atoms. The van der Waals surface area contributed by atoms with Crippen LogP contribution in [0.3, 0.4) is 0 Å². The summed E-state index contributed by atoms with van der Waals surface area (Å²) in [7, 11) is 0. The van der Waals surface area contributed by atoms with Gasteiger partial charge in [-0.3, -0.25) is 0 Å². The van der Waals surface area contributed by atoms with Gasteiger partial charge in [-0.2, -0.15) is 0 Å². The largest absolute Gasteiger partial charge is 0.493 e. The third-order valence-electron chi connectivity index (χ3n) is 3.89. The normalized spacial score (nSPS) is 15.1. The number of fused-ring (bicyclic) bond motifs is 1. The second-order valence-corrected chi connectivity index (χ2v) is 5.28. The number of aliphatic hydroxyl groups is 1. The molecule has 1 aliphatic rings. The fraction of sp³-hybridized carbons (Fsp3) is 0.625. The highest BCUT2D eigenvalue weighted by Crippen LogP contribution is 2.25. The van der Waals surface area contributed by atoms with Crippen molar-refractivity contribution >= 4 is 0 Å². The predicted molar refractivity (Wildman–Crippen MR) is 77.7 cm³/mol. The van der Waals surface area contributed by atoms with Crippen LogP contribution >= 0.6 is 0 Å². The van der Waals surface area contributed by atoms with Gasteiger partial charge in [0.1, 0.15) is 5.75 Å². The number of ether oxygens (including phenoxy) is 1. The van der Waals surface area contributed by atoms with Crippen molar-refractivity contribution in [2.24, 2.45) is 5.92 Å². The van der Waals surface area contributed by atoms with Crippen LogP contribution in [0.25, 0.3) is 0 Å². The van der Waals surface area contributed by atoms with Crippen LogP contribution in [0.1, 0.15) is 30.9 Å². The molecule has 1 heterocycles. The first-order valence-corrected chi connectivity index (χ1v) is 7.39. The lowest BCUT2D eigenvalue weighted by Crippen LogP contribution is -2.25. The molecule has 1 aromatic rings. The van der Waals surface area contributed by atoms with E-state index in [0.717, 1.165) is 51.1 Å². The average molecular weight is 263 g/mol. The van der Waals surface area contributed by atoms with Crippen LogP contribution in [0.4, 0.5) is 0 Å². The lowest BCUT2D eigenvalue weighted by molar-refractivity contribution is 0.251. The number of aliphatic hydroxyl groups excluding tert-OH is 1. The fourth-order valence-electron chi connectivity index (χ4n) is 2.57. The van der Waals surface area contributed by atoms with Gasteiger partial charge in [0.25, 0.3) is 0 Å². The first-order valence-electron chi connectivity index (χ1n) is 7.39. The molecule has 1 aliphatic heterocycles. The molecule has 1 unspecified atom stereocenters. The zero-order chi connectivity index (χ0) is 13.5. The van der Waals surface area contributed by atoms with Crippen LogP contribution in [0.2, 0.25) is 0 Å². The zero-order valence-corrected chi connectivity index (χ0v) is 11.8. The van der Waals surface area contributed by atoms with Gasteiger partial charge in [0.2, 0.25) is 0 Å². The average Bonchev–Trinajstić information content (AvgIpc) is 2.89. The van der Waals surface area contributed by atoms with Crippen LogP contribution in [0.5, 0.6) is 5.75 Å². The van der Waals surface area contributed by atoms with Gasteiger partial charge in [-0.25, -0.2) is 0 Å². The molecule has 19 heavy (non-hydrogen) atoms. The number of benzene rings is 1. The Morgan fingerprint density at radius 2 is 2.32 bits per heavy atom. The van der Waals surface area contributed by atoms with Crippen molar-refractivity contribution in [3.05, 3.63) is 29.3 Å². The third-order valence-corrected chi connectivity index (χ3v) is 3.89. The van der Waals surface area contributed by atoms with E-state index in [-0.39, 0.29) is 0 Å². The van der Waals surface area contributed by atoms with Crippen LogP contribution < -0.4 is 10.1 Å². The van der Waals surface area contributed by atoms with Gasteiger partial charge in [0.05, 0.1) is 6.61 Å². The van der Waals surface area contributed by atoms with Gasteiger partial charge in [-0.1, -0.05) is 25.5 Å². The Kier molecular flexibility index (Phi) is 5.67. The molecular formula is C16H25NO2. The van der Waals surface area contributed by atoms with Gasteiger partial charge in [0.15, 0.2) is 0 Å². The van der Waals surface area contributed by atoms with Crippen LogP contribution in [0, 0.1) is 5.92 Å². The van der Waals surface area contributed by atoms with Gasteiger partial charge in [0, 0.05) is 13.0 Å². The minimum absolute atomic E-state index is 0.297. The summed E-state index contributed by atoms with van der Waals surface area (Å²) in [5.41, 5.74) is 2.73. The van der Waals surface area contributed by atoms with Crippen LogP contribution in [0.15, 0.2) is 18.2 Å². The van der Waals surface area contributed by atoms with E-state index < -0.39 is 0 Å². The maximum absolute atomic E-state index is 8.95. The molecule has 0 radical (unpaired) electrons. The molecule has 0 saturated heterocycles. The summed E-state index contributed by atoms with van der Waals surface area (Å²) in [5, 5.41) is 12.4. The molecule has 0 spiro atoms. The van der Waals surface area contributed by atoms with E-state index in [2.05, 4.69) is 30.4 Å². The smallest absolute Gasteiger partial charge is 0.122 e. The summed E-state index contributed by atoms with van der Waals surface area (Å²) in [6.45, 7) is 5.32. The maximum atomic E-state index is 8.95. The summed E-state index contributed by atoms with van der Waals surface area (Å²) in [6, 6.07) is 6.53. The van der Waals surface area contributed by atoms with Crippen molar-refractivity contribution in [3.8, 4) is 5.75 Å². The summed E-state index contributed by atoms with van der Waals surface area (Å²) in [6.07, 6.45) is 4.14. The highest BCUT2D eigenvalue weighted by molar-refractivity contribution is 5.39. The van der Waals surface area contributed by atoms with Gasteiger partial charge in [-0.15, -0.1) is 0 Å². The monoisotopic (exact) mass is 263 g/mol. The quantitative estimate of drug-likeness (QED) is 0.706. The summed E-state index contributed by atoms with van der Waals surface area (Å²) >= 11 is 0. The minimum atomic E-state index is 0.297. The molecule has 0 saturated carbocycles. The van der Waals surface area contributed by atoms with Crippen molar-refractivity contribution in [1.82, 2.24) is 5.32 Å². The Hall–Kier alpha value is -1.06. The summed E-state index contributed by atoms with van der Waals surface area (Å²) in [4.78, 5) is 0. The molecule has 1 atom stereocenters. The molecule has 0 aromatic heterocycles. The van der Waals surface area contributed by atoms with E-state index in [1.807, 2.05) is 0 Å². The molecule has 0 amide bonds. The number of nitrogens with one attached hydrogen (secondary N) is 1. The number of hydrogen-bond acceptors (Lipinski definition) is 3. The third kappa shape index (κ3) is 4.22. The molecule has 3 heteroatoms. The van der Waals surface area contributed by atoms with Crippen molar-refractivity contribution < 1.29 is 9.84 Å². The second-order valence-electron chi connectivity index (χ2n) is 5.28. The van der Waals surface area contributed by atoms with E-state index in [4.69, 9.17) is 9.84 Å². The number of rotatable bonds is 8. The molecule has 0 fully saturated rings. The highest BCUT2D eigenvalue weighted by Gasteiger charge is 2.11. The molecule has 106 valence electrons. The first kappa shape index (κ1) is 14.4. The first-order chi connectivity index (χ1) is 9.33. The Bertz CT molecular complexity index is 392. The van der Waals surface area contributed by atoms with Crippen LogP contribution in [-0.2, 0) is 12.8 Å². The molecule has 2 rings (SSSR count). The number of hydrogen-bond donors (Lipinski definition) is 2. The van der Waals surface area contributed by atoms with Crippen molar-refractivity contribution in [2.75, 3.05) is 26.3 Å². The standard InChI is InChI=1S/C16H25NO2/c1-2-13(6-9-18)12-17-8-5-14-3-4-16-15(11-14)7-10-19-16/h3-4,11,13,17-18H,2,5-10,12H2,1H3. The molecule has 2 N–H and O–H groups in total. The SMILES string of the molecule is CCC(CCO)CNCCc1ccc2c(c1)CCO2. The maximum Gasteiger partial charge on any atom is 0.122 e. The summed E-state index contributed by atoms with van der Waals surface area (Å²) < 4.78 is 5.51. The van der Waals surface area contributed by atoms with Crippen molar-refractivity contribution in [3.63, 3.8) is 0 Å². The Labute approximate surface area is 116 Å². The van der Waals surface area contributed by atoms with Gasteiger partial charge in [-0.05, 0) is 49.0 Å². The second kappa shape index (κ2) is 7.51. The van der Waals surface area contributed by atoms with Gasteiger partial charge < -0.3 is 15.2 Å². The van der Waals surface area contributed by atoms with E-state index in [9.17, 15) is 0 Å². The van der Waals surface area contributed by atoms with Crippen molar-refractivity contribution in [2.45, 2.75) is 32.6 Å². The zero-order valence-electron chi connectivity index (χ0n) is 11.8. The van der Waals surface area contributed by atoms with E-state index in [1.165, 1.54) is 11.1 Å². The van der Waals surface area contributed by atoms with Crippen LogP contribution in [-0.4, -0.2) is 31.4 Å². The lowest BCUT2D eigenvalue weighted by Gasteiger charge is -2.14. The topological polar surface area (TPSA) is 41.5 Å². The molecular weight excluding hydrogens is 238 g/mol. The predicted octanol–water partition coefficient (Wildman–Crippen LogP) is 2.16. The van der Waals surface area contributed by atoms with E-state index in [0.29, 0.717) is 12.5 Å². The van der Waals surface area contributed by atoms with E-state index >= 15 is 0 Å². The minimum Gasteiger partial charge on any atom is -0.493 e. The molecule has 3 nitrogen and oxygen atoms in total. The van der Waals surface area contributed by atoms with E-state index in [1.54, 1.807) is 0 Å². The Morgan fingerprint density at radius 1 is 1.42 bits per heavy atom. The summed E-state index contributed by atoms with van der Waals surface area (Å²) in [5.74, 6) is 1.66. The molecule has 0 aliphatic carbocycles. The van der Waals surface area contributed by atoms with Crippen molar-refractivity contribution in [1.29, 1.82) is 0 Å². The molecule has 1 aromatic carbocycles. The highest BCUT2D eigenvalue weighted by atomic mass is 16.5. The Balaban J connectivity index is 1.71. The van der Waals surface area contributed by atoms with Gasteiger partial charge >= 0.3 is 0 Å². The lowest BCUT2D eigenvalue weighted by atomic mass is 10.0.